The summed E-state index contributed by atoms with van der Waals surface area (Å²) in [5.74, 6) is -2.06. The van der Waals surface area contributed by atoms with E-state index in [9.17, 15) is 32.2 Å². The fourth-order valence-electron chi connectivity index (χ4n) is 7.08. The lowest BCUT2D eigenvalue weighted by Crippen LogP contribution is -2.46. The summed E-state index contributed by atoms with van der Waals surface area (Å²) in [5.41, 5.74) is -1.63. The van der Waals surface area contributed by atoms with Crippen LogP contribution in [0, 0.1) is 24.5 Å². The second-order valence-electron chi connectivity index (χ2n) is 14.9. The standard InChI is InChI=1S/C19H28NO3.C13H12F2N6O.C7H8O3S/c1-20(2)13-12-17(14-20)23-18(21)19(22,16-10-6-7-11-16)15-8-4-3-5-9-15;14-10-1-2-11(12(15)3-10)13(22,4-20-8-16-6-18-20)5-21-9-17-7-19-21;1-6-2-4-7(5-3-6)11(8,9)10/h3-5,8-9,16-17,22H,6-7,10-14H2,1-2H3;1-3,6-9,22H,4-5H2;2-5H,1H3,(H,8,9,10)/q+1;;/t17-,19+;;/m1../s1. The normalized spacial score (nSPS) is 17.9. The predicted octanol–water partition coefficient (Wildman–Crippen LogP) is 4.43. The molecule has 56 heavy (non-hydrogen) atoms. The number of halogens is 2. The first-order valence-electron chi connectivity index (χ1n) is 18.2. The van der Waals surface area contributed by atoms with Gasteiger partial charge in [0.2, 0.25) is 0 Å². The monoisotopic (exact) mass is 796 g/mol. The third-order valence-electron chi connectivity index (χ3n) is 10.0. The SMILES string of the molecule is C[N+]1(C)CC[C@@H](OC(=O)[C@](O)(c2ccccc2)C2CCCC2)C1.Cc1ccc(S(=O)(=O)O)cc1.OC(Cn1cncn1)(Cn1cncn1)c1ccc(F)cc1F. The molecule has 0 amide bonds. The highest BCUT2D eigenvalue weighted by Crippen LogP contribution is 2.42. The van der Waals surface area contributed by atoms with E-state index in [0.717, 1.165) is 67.4 Å². The number of carbonyl (C=O) groups excluding carboxylic acids is 1. The van der Waals surface area contributed by atoms with Crippen LogP contribution in [0.2, 0.25) is 0 Å². The van der Waals surface area contributed by atoms with Crippen LogP contribution in [-0.2, 0) is 43.9 Å². The lowest BCUT2D eigenvalue weighted by Gasteiger charge is -2.33. The van der Waals surface area contributed by atoms with E-state index in [0.29, 0.717) is 5.56 Å². The predicted molar refractivity (Wildman–Crippen MR) is 200 cm³/mol. The Hall–Kier alpha value is -4.94. The van der Waals surface area contributed by atoms with Crippen LogP contribution in [0.1, 0.15) is 48.8 Å². The molecule has 7 rings (SSSR count). The smallest absolute Gasteiger partial charge is 0.343 e. The summed E-state index contributed by atoms with van der Waals surface area (Å²) in [6.07, 6.45) is 10.1. The minimum atomic E-state index is -4.02. The molecule has 3 N–H and O–H groups in total. The molecule has 0 spiro atoms. The van der Waals surface area contributed by atoms with Crippen molar-refractivity contribution in [2.75, 3.05) is 27.2 Å². The number of aromatic nitrogens is 6. The van der Waals surface area contributed by atoms with Crippen LogP contribution in [0.3, 0.4) is 0 Å². The number of esters is 1. The van der Waals surface area contributed by atoms with E-state index >= 15 is 0 Å². The van der Waals surface area contributed by atoms with E-state index in [4.69, 9.17) is 9.29 Å². The van der Waals surface area contributed by atoms with Crippen LogP contribution in [-0.4, -0.2) is 96.5 Å². The molecule has 1 aliphatic carbocycles. The maximum atomic E-state index is 14.1. The van der Waals surface area contributed by atoms with Crippen molar-refractivity contribution in [3.8, 4) is 0 Å². The molecule has 3 heterocycles. The minimum absolute atomic E-state index is 0.0405. The third-order valence-corrected chi connectivity index (χ3v) is 10.9. The van der Waals surface area contributed by atoms with E-state index in [1.165, 1.54) is 52.9 Å². The zero-order valence-corrected chi connectivity index (χ0v) is 32.3. The first kappa shape index (κ1) is 42.2. The summed E-state index contributed by atoms with van der Waals surface area (Å²) >= 11 is 0. The van der Waals surface area contributed by atoms with Gasteiger partial charge in [-0.2, -0.15) is 18.6 Å². The van der Waals surface area contributed by atoms with Crippen molar-refractivity contribution in [2.45, 2.75) is 74.3 Å². The third kappa shape index (κ3) is 10.9. The first-order chi connectivity index (χ1) is 26.5. The van der Waals surface area contributed by atoms with Crippen molar-refractivity contribution in [1.29, 1.82) is 0 Å². The molecule has 0 bridgehead atoms. The van der Waals surface area contributed by atoms with Crippen LogP contribution in [0.15, 0.2) is 103 Å². The van der Waals surface area contributed by atoms with Gasteiger partial charge in [0, 0.05) is 24.0 Å². The fraction of sp³-hybridized carbons (Fsp3) is 0.410. The molecular weight excluding hydrogens is 749 g/mol. The Labute approximate surface area is 324 Å². The first-order valence-corrected chi connectivity index (χ1v) is 19.6. The molecule has 3 aromatic carbocycles. The van der Waals surface area contributed by atoms with Gasteiger partial charge >= 0.3 is 5.97 Å². The van der Waals surface area contributed by atoms with Crippen LogP contribution >= 0.6 is 0 Å². The molecule has 300 valence electrons. The fourth-order valence-corrected chi connectivity index (χ4v) is 7.56. The van der Waals surface area contributed by atoms with Gasteiger partial charge in [-0.25, -0.2) is 32.9 Å². The van der Waals surface area contributed by atoms with Gasteiger partial charge in [0.15, 0.2) is 11.7 Å². The largest absolute Gasteiger partial charge is 0.454 e. The van der Waals surface area contributed by atoms with Gasteiger partial charge in [0.25, 0.3) is 10.1 Å². The van der Waals surface area contributed by atoms with E-state index in [2.05, 4.69) is 34.3 Å². The number of rotatable bonds is 10. The number of benzene rings is 3. The Kier molecular flexibility index (Phi) is 13.5. The summed E-state index contributed by atoms with van der Waals surface area (Å²) < 4.78 is 66.1. The maximum Gasteiger partial charge on any atom is 0.343 e. The number of carbonyl (C=O) groups is 1. The zero-order valence-electron chi connectivity index (χ0n) is 31.5. The average Bonchev–Trinajstić information content (AvgIpc) is 3.99. The highest BCUT2D eigenvalue weighted by molar-refractivity contribution is 7.85. The van der Waals surface area contributed by atoms with Gasteiger partial charge < -0.3 is 19.4 Å². The number of aliphatic hydroxyl groups is 2. The summed E-state index contributed by atoms with van der Waals surface area (Å²) in [6, 6.07) is 18.3. The maximum absolute atomic E-state index is 14.1. The molecule has 1 aliphatic heterocycles. The van der Waals surface area contributed by atoms with Crippen LogP contribution in [0.5, 0.6) is 0 Å². The molecule has 5 aromatic rings. The molecule has 14 nitrogen and oxygen atoms in total. The molecular formula is C39H48F2N7O7S+. The average molecular weight is 797 g/mol. The zero-order chi connectivity index (χ0) is 40.6. The van der Waals surface area contributed by atoms with Crippen molar-refractivity contribution in [1.82, 2.24) is 29.5 Å². The lowest BCUT2D eigenvalue weighted by atomic mass is 9.80. The van der Waals surface area contributed by atoms with Crippen molar-refractivity contribution in [3.05, 3.63) is 126 Å². The van der Waals surface area contributed by atoms with Crippen LogP contribution < -0.4 is 0 Å². The van der Waals surface area contributed by atoms with Gasteiger partial charge in [-0.1, -0.05) is 66.9 Å². The van der Waals surface area contributed by atoms with Crippen LogP contribution in [0.4, 0.5) is 8.78 Å². The lowest BCUT2D eigenvalue weighted by molar-refractivity contribution is -0.879. The van der Waals surface area contributed by atoms with E-state index < -0.39 is 38.9 Å². The van der Waals surface area contributed by atoms with E-state index in [1.54, 1.807) is 12.1 Å². The number of hydrogen-bond acceptors (Lipinski definition) is 10. The molecule has 0 unspecified atom stereocenters. The number of hydrogen-bond donors (Lipinski definition) is 3. The van der Waals surface area contributed by atoms with Gasteiger partial charge in [-0.3, -0.25) is 4.55 Å². The van der Waals surface area contributed by atoms with Crippen molar-refractivity contribution in [2.24, 2.45) is 5.92 Å². The molecule has 1 saturated carbocycles. The number of aryl methyl sites for hydroxylation is 1. The minimum Gasteiger partial charge on any atom is -0.454 e. The summed E-state index contributed by atoms with van der Waals surface area (Å²) in [7, 11) is 0.274. The topological polar surface area (TPSA) is 183 Å². The summed E-state index contributed by atoms with van der Waals surface area (Å²) in [5, 5.41) is 30.1. The van der Waals surface area contributed by atoms with Gasteiger partial charge in [0.1, 0.15) is 49.1 Å². The number of likely N-dealkylation sites (N-methyl/N-ethyl adjacent to an activating group) is 1. The number of nitrogens with zero attached hydrogens (tertiary/aromatic N) is 7. The quantitative estimate of drug-likeness (QED) is 0.103. The molecule has 17 heteroatoms. The summed E-state index contributed by atoms with van der Waals surface area (Å²) in [4.78, 5) is 20.4. The Bertz CT molecular complexity index is 2080. The van der Waals surface area contributed by atoms with Gasteiger partial charge in [-0.05, 0) is 43.5 Å². The summed E-state index contributed by atoms with van der Waals surface area (Å²) in [6.45, 7) is 3.52. The molecule has 2 aliphatic rings. The molecule has 2 fully saturated rings. The Balaban J connectivity index is 0.000000171. The van der Waals surface area contributed by atoms with Gasteiger partial charge in [0.05, 0.1) is 38.6 Å². The number of ether oxygens (including phenoxy) is 1. The van der Waals surface area contributed by atoms with Crippen LogP contribution in [0.25, 0.3) is 0 Å². The molecule has 0 radical (unpaired) electrons. The molecule has 1 saturated heterocycles. The van der Waals surface area contributed by atoms with E-state index in [1.807, 2.05) is 37.3 Å². The second kappa shape index (κ2) is 17.9. The Morgan fingerprint density at radius 1 is 0.893 bits per heavy atom. The molecule has 2 atom stereocenters. The number of quaternary nitrogens is 1. The van der Waals surface area contributed by atoms with Crippen molar-refractivity contribution >= 4 is 16.1 Å². The Morgan fingerprint density at radius 2 is 1.48 bits per heavy atom. The van der Waals surface area contributed by atoms with Crippen molar-refractivity contribution < 1.29 is 46.0 Å². The Morgan fingerprint density at radius 3 is 1.96 bits per heavy atom. The molecule has 2 aromatic heterocycles. The van der Waals surface area contributed by atoms with E-state index in [-0.39, 0.29) is 35.6 Å². The second-order valence-corrected chi connectivity index (χ2v) is 16.3. The van der Waals surface area contributed by atoms with Gasteiger partial charge in [-0.15, -0.1) is 0 Å². The van der Waals surface area contributed by atoms with Crippen molar-refractivity contribution in [3.63, 3.8) is 0 Å². The highest BCUT2D eigenvalue weighted by atomic mass is 32.2. The number of likely N-dealkylation sites (tertiary alicyclic amines) is 1. The highest BCUT2D eigenvalue weighted by Gasteiger charge is 2.49.